The number of nitrogens with zero attached hydrogens (tertiary/aromatic N) is 5. The van der Waals surface area contributed by atoms with E-state index in [1.54, 1.807) is 0 Å². The van der Waals surface area contributed by atoms with Crippen molar-refractivity contribution in [1.82, 2.24) is 35.1 Å². The molecule has 3 aliphatic heterocycles. The molecule has 3 saturated heterocycles. The number of methoxy groups -OCH3 is 1. The molecule has 3 amide bonds. The number of carbonyl (C=O) groups is 3. The second-order valence-corrected chi connectivity index (χ2v) is 19.7. The Balaban J connectivity index is 0.938. The van der Waals surface area contributed by atoms with Crippen LogP contribution < -0.4 is 10.2 Å². The minimum absolute atomic E-state index is 0.0259. The van der Waals surface area contributed by atoms with Crippen molar-refractivity contribution in [3.8, 4) is 22.5 Å². The number of aromatic nitrogens is 4. The molecule has 9 rings (SSSR count). The van der Waals surface area contributed by atoms with Gasteiger partial charge in [-0.05, 0) is 109 Å². The third kappa shape index (κ3) is 9.51. The second-order valence-electron chi connectivity index (χ2n) is 19.7. The smallest absolute Gasteiger partial charge is 0.407 e. The molecule has 5 aromatic rings. The fourth-order valence-corrected chi connectivity index (χ4v) is 11.1. The lowest BCUT2D eigenvalue weighted by atomic mass is 9.84. The molecule has 0 spiro atoms. The number of likely N-dealkylation sites (tertiary alicyclic amines) is 2. The Morgan fingerprint density at radius 1 is 0.636 bits per heavy atom. The number of hydrogen-bond acceptors (Lipinski definition) is 7. The van der Waals surface area contributed by atoms with Crippen LogP contribution in [-0.2, 0) is 14.3 Å². The molecule has 347 valence electrons. The Hall–Kier alpha value is -5.91. The number of rotatable bonds is 13. The van der Waals surface area contributed by atoms with Crippen molar-refractivity contribution in [1.29, 1.82) is 0 Å². The minimum atomic E-state index is -0.680. The number of nitrogens with one attached hydrogen (secondary N) is 3. The number of alkyl carbamates (subject to hydrolysis) is 1. The van der Waals surface area contributed by atoms with Crippen LogP contribution in [0.1, 0.15) is 157 Å². The summed E-state index contributed by atoms with van der Waals surface area (Å²) in [5.41, 5.74) is 9.27. The fourth-order valence-electron chi connectivity index (χ4n) is 11.1. The molecule has 66 heavy (non-hydrogen) atoms. The van der Waals surface area contributed by atoms with E-state index in [-0.39, 0.29) is 47.8 Å². The van der Waals surface area contributed by atoms with Gasteiger partial charge < -0.3 is 34.7 Å². The summed E-state index contributed by atoms with van der Waals surface area (Å²) in [6.07, 6.45) is 17.1. The van der Waals surface area contributed by atoms with E-state index in [0.29, 0.717) is 12.5 Å². The topological polar surface area (TPSA) is 140 Å². The number of H-pyrrole nitrogens is 2. The van der Waals surface area contributed by atoms with Crippen molar-refractivity contribution >= 4 is 23.6 Å². The number of ether oxygens (including phenoxy) is 1. The Labute approximate surface area is 390 Å². The zero-order valence-corrected chi connectivity index (χ0v) is 39.3. The van der Waals surface area contributed by atoms with Crippen LogP contribution in [0.25, 0.3) is 22.5 Å². The van der Waals surface area contributed by atoms with E-state index in [4.69, 9.17) is 14.7 Å². The van der Waals surface area contributed by atoms with Gasteiger partial charge in [0.05, 0.1) is 61.5 Å². The molecule has 12 heteroatoms. The van der Waals surface area contributed by atoms with Crippen LogP contribution in [0.5, 0.6) is 0 Å². The molecule has 3 aromatic carbocycles. The van der Waals surface area contributed by atoms with Gasteiger partial charge in [-0.25, -0.2) is 14.8 Å². The molecular formula is C54H67N8O4. The first-order valence-corrected chi connectivity index (χ1v) is 24.6. The number of carbonyl (C=O) groups excluding carboxylic acids is 3. The molecule has 5 heterocycles. The quantitative estimate of drug-likeness (QED) is 0.107. The number of hydrogen-bond donors (Lipinski definition) is 3. The summed E-state index contributed by atoms with van der Waals surface area (Å²) >= 11 is 0. The normalized spacial score (nSPS) is 21.8. The van der Waals surface area contributed by atoms with Gasteiger partial charge >= 0.3 is 6.09 Å². The molecule has 3 N–H and O–H groups in total. The van der Waals surface area contributed by atoms with Crippen LogP contribution in [-0.4, -0.2) is 73.9 Å². The van der Waals surface area contributed by atoms with Gasteiger partial charge in [-0.1, -0.05) is 108 Å². The highest BCUT2D eigenvalue weighted by Gasteiger charge is 2.39. The Morgan fingerprint density at radius 3 is 1.67 bits per heavy atom. The van der Waals surface area contributed by atoms with E-state index in [1.807, 2.05) is 56.3 Å². The van der Waals surface area contributed by atoms with E-state index in [2.05, 4.69) is 93.0 Å². The number of benzene rings is 3. The van der Waals surface area contributed by atoms with E-state index in [9.17, 15) is 14.4 Å². The maximum absolute atomic E-state index is 13.8. The van der Waals surface area contributed by atoms with Gasteiger partial charge in [-0.3, -0.25) is 9.59 Å². The molecule has 1 aliphatic carbocycles. The Morgan fingerprint density at radius 2 is 1.15 bits per heavy atom. The van der Waals surface area contributed by atoms with Gasteiger partial charge in [0, 0.05) is 18.8 Å². The lowest BCUT2D eigenvalue weighted by Crippen LogP contribution is -2.51. The highest BCUT2D eigenvalue weighted by Crippen LogP contribution is 2.48. The summed E-state index contributed by atoms with van der Waals surface area (Å²) in [7, 11) is 1.31. The van der Waals surface area contributed by atoms with Crippen LogP contribution in [0.2, 0.25) is 0 Å². The van der Waals surface area contributed by atoms with Crippen molar-refractivity contribution < 1.29 is 19.1 Å². The number of anilines is 1. The zero-order chi connectivity index (χ0) is 45.9. The van der Waals surface area contributed by atoms with Crippen LogP contribution in [0.4, 0.5) is 10.5 Å². The van der Waals surface area contributed by atoms with Crippen molar-refractivity contribution in [2.24, 2.45) is 11.8 Å². The third-order valence-electron chi connectivity index (χ3n) is 14.6. The predicted octanol–water partition coefficient (Wildman–Crippen LogP) is 11.2. The second kappa shape index (κ2) is 19.9. The van der Waals surface area contributed by atoms with Crippen molar-refractivity contribution in [3.05, 3.63) is 120 Å². The molecule has 4 fully saturated rings. The van der Waals surface area contributed by atoms with E-state index in [0.717, 1.165) is 79.2 Å². The lowest BCUT2D eigenvalue weighted by molar-refractivity contribution is -0.135. The highest BCUT2D eigenvalue weighted by molar-refractivity contribution is 5.87. The van der Waals surface area contributed by atoms with Crippen LogP contribution >= 0.6 is 0 Å². The summed E-state index contributed by atoms with van der Waals surface area (Å²) in [6.45, 7) is 9.31. The SMILES string of the molecule is COC(=O)N[C@H](C(=O)N1CCC[C@H]1c1ncc(-c2ccc([C@H]3CC[C@H](c4ccc(-c5cnc([C@@H]6CCCN6C(=O)[CH]C(C)C)[nH]5)cc4)N3c3ccc(C4CCCCC4)cc3)cc2)[nH]1)C(C)C. The molecule has 1 radical (unpaired) electrons. The van der Waals surface area contributed by atoms with Crippen LogP contribution in [0.15, 0.2) is 85.2 Å². The van der Waals surface area contributed by atoms with Gasteiger partial charge in [0.1, 0.15) is 17.7 Å². The molecule has 0 unspecified atom stereocenters. The summed E-state index contributed by atoms with van der Waals surface area (Å²) in [5.74, 6) is 2.35. The van der Waals surface area contributed by atoms with Crippen molar-refractivity contribution in [2.75, 3.05) is 25.1 Å². The first kappa shape index (κ1) is 45.3. The summed E-state index contributed by atoms with van der Waals surface area (Å²) < 4.78 is 4.82. The number of aromatic amines is 2. The lowest BCUT2D eigenvalue weighted by Gasteiger charge is -2.34. The standard InChI is InChI=1S/C54H67N8O4/c1-34(2)31-49(63)60-29-9-13-47(60)51-55-32-43(57-51)38-15-19-40(20-16-38)45-27-28-46(62(45)42-25-23-37(24-26-42)36-11-7-6-8-12-36)41-21-17-39(18-22-41)44-33-56-52(58-44)48-14-10-30-61(48)53(64)50(35(3)4)59-54(65)66-5/h15-26,31-36,45-48,50H,6-14,27-30H2,1-5H3,(H,55,57)(H,56,58)(H,59,65)/t45-,46-,47+,48+,50+/m1/s1. The molecule has 1 saturated carbocycles. The fraction of sp³-hybridized carbons (Fsp3) is 0.481. The molecule has 0 bridgehead atoms. The van der Waals surface area contributed by atoms with Gasteiger partial charge in [-0.15, -0.1) is 0 Å². The van der Waals surface area contributed by atoms with Gasteiger partial charge in [0.15, 0.2) is 0 Å². The Bertz CT molecular complexity index is 2430. The van der Waals surface area contributed by atoms with E-state index >= 15 is 0 Å². The minimum Gasteiger partial charge on any atom is -0.453 e. The maximum atomic E-state index is 13.8. The van der Waals surface area contributed by atoms with Crippen molar-refractivity contribution in [3.63, 3.8) is 0 Å². The highest BCUT2D eigenvalue weighted by atomic mass is 16.5. The third-order valence-corrected chi connectivity index (χ3v) is 14.6. The average Bonchev–Trinajstić information content (AvgIpc) is 4.20. The zero-order valence-electron chi connectivity index (χ0n) is 39.3. The monoisotopic (exact) mass is 892 g/mol. The molecule has 2 aromatic heterocycles. The summed E-state index contributed by atoms with van der Waals surface area (Å²) in [5, 5.41) is 2.74. The van der Waals surface area contributed by atoms with Crippen LogP contribution in [0.3, 0.4) is 0 Å². The summed E-state index contributed by atoms with van der Waals surface area (Å²) in [4.78, 5) is 62.0. The Kier molecular flexibility index (Phi) is 13.6. The molecule has 5 atom stereocenters. The number of imidazole rings is 2. The van der Waals surface area contributed by atoms with E-state index in [1.165, 1.54) is 61.6 Å². The molecule has 12 nitrogen and oxygen atoms in total. The van der Waals surface area contributed by atoms with Crippen LogP contribution in [0, 0.1) is 18.3 Å². The molecular weight excluding hydrogens is 825 g/mol. The molecule has 4 aliphatic rings. The van der Waals surface area contributed by atoms with Crippen molar-refractivity contribution in [2.45, 2.75) is 134 Å². The largest absolute Gasteiger partial charge is 0.453 e. The maximum Gasteiger partial charge on any atom is 0.407 e. The van der Waals surface area contributed by atoms with Gasteiger partial charge in [0.25, 0.3) is 0 Å². The first-order chi connectivity index (χ1) is 32.1. The average molecular weight is 892 g/mol. The van der Waals surface area contributed by atoms with Gasteiger partial charge in [0.2, 0.25) is 11.8 Å². The van der Waals surface area contributed by atoms with E-state index < -0.39 is 12.1 Å². The predicted molar refractivity (Wildman–Crippen MR) is 258 cm³/mol. The van der Waals surface area contributed by atoms with Gasteiger partial charge in [-0.2, -0.15) is 0 Å². The number of amides is 3. The first-order valence-electron chi connectivity index (χ1n) is 24.6. The summed E-state index contributed by atoms with van der Waals surface area (Å²) in [6, 6.07) is 26.9.